The maximum absolute atomic E-state index is 5.72. The number of nitrogens with zero attached hydrogens (tertiary/aromatic N) is 2. The molecule has 1 spiro atoms. The molecule has 0 unspecified atom stereocenters. The molecule has 3 rings (SSSR count). The number of hydrogen-bond acceptors (Lipinski definition) is 3. The molecule has 1 heterocycles. The summed E-state index contributed by atoms with van der Waals surface area (Å²) in [6, 6.07) is 6.23. The van der Waals surface area contributed by atoms with Crippen molar-refractivity contribution in [2.45, 2.75) is 46.0 Å². The Hall–Kier alpha value is -1.18. The van der Waals surface area contributed by atoms with Crippen LogP contribution in [0.1, 0.15) is 45.1 Å². The molecule has 1 aliphatic carbocycles. The third-order valence-corrected chi connectivity index (χ3v) is 5.67. The summed E-state index contributed by atoms with van der Waals surface area (Å²) in [5, 5.41) is 3.54. The highest BCUT2D eigenvalue weighted by Crippen LogP contribution is 2.47. The summed E-state index contributed by atoms with van der Waals surface area (Å²) in [6.45, 7) is 8.46. The van der Waals surface area contributed by atoms with Gasteiger partial charge in [-0.1, -0.05) is 12.5 Å². The minimum atomic E-state index is 0. The molecule has 0 amide bonds. The zero-order chi connectivity index (χ0) is 18.4. The van der Waals surface area contributed by atoms with E-state index in [1.165, 1.54) is 37.8 Å². The SMILES string of the molecule is CCOc1ccc(CCNC(=NC)N2CCC3(CCC3)C2)cc1OCC.I. The second-order valence-corrected chi connectivity index (χ2v) is 7.40. The predicted molar refractivity (Wildman–Crippen MR) is 122 cm³/mol. The molecule has 1 N–H and O–H groups in total. The molecule has 1 aliphatic heterocycles. The van der Waals surface area contributed by atoms with E-state index in [-0.39, 0.29) is 24.0 Å². The van der Waals surface area contributed by atoms with Gasteiger partial charge in [-0.05, 0) is 62.6 Å². The molecule has 2 aliphatic rings. The topological polar surface area (TPSA) is 46.1 Å². The molecule has 1 aromatic carbocycles. The van der Waals surface area contributed by atoms with E-state index in [0.29, 0.717) is 18.6 Å². The highest BCUT2D eigenvalue weighted by molar-refractivity contribution is 14.0. The van der Waals surface area contributed by atoms with Gasteiger partial charge in [0.1, 0.15) is 0 Å². The number of aliphatic imine (C=N–C) groups is 1. The Balaban J connectivity index is 0.00000261. The zero-order valence-corrected chi connectivity index (χ0v) is 19.3. The Bertz CT molecular complexity index is 632. The summed E-state index contributed by atoms with van der Waals surface area (Å²) in [4.78, 5) is 6.93. The largest absolute Gasteiger partial charge is 0.490 e. The Morgan fingerprint density at radius 2 is 1.89 bits per heavy atom. The number of rotatable bonds is 7. The van der Waals surface area contributed by atoms with Gasteiger partial charge in [-0.3, -0.25) is 4.99 Å². The highest BCUT2D eigenvalue weighted by Gasteiger charge is 2.43. The van der Waals surface area contributed by atoms with Crippen LogP contribution in [0.3, 0.4) is 0 Å². The van der Waals surface area contributed by atoms with Crippen molar-refractivity contribution in [3.63, 3.8) is 0 Å². The van der Waals surface area contributed by atoms with Gasteiger partial charge in [-0.2, -0.15) is 0 Å². The maximum Gasteiger partial charge on any atom is 0.193 e. The first-order valence-corrected chi connectivity index (χ1v) is 10.0. The summed E-state index contributed by atoms with van der Waals surface area (Å²) >= 11 is 0. The Morgan fingerprint density at radius 3 is 2.48 bits per heavy atom. The summed E-state index contributed by atoms with van der Waals surface area (Å²) in [6.07, 6.45) is 6.45. The quantitative estimate of drug-likeness (QED) is 0.358. The lowest BCUT2D eigenvalue weighted by atomic mass is 9.68. The number of ether oxygens (including phenoxy) is 2. The van der Waals surface area contributed by atoms with Crippen LogP contribution in [0, 0.1) is 5.41 Å². The van der Waals surface area contributed by atoms with Gasteiger partial charge in [0.05, 0.1) is 13.2 Å². The lowest BCUT2D eigenvalue weighted by Crippen LogP contribution is -2.43. The molecule has 0 radical (unpaired) electrons. The minimum Gasteiger partial charge on any atom is -0.490 e. The van der Waals surface area contributed by atoms with Crippen LogP contribution in [0.15, 0.2) is 23.2 Å². The fourth-order valence-corrected chi connectivity index (χ4v) is 4.10. The molecule has 2 fully saturated rings. The van der Waals surface area contributed by atoms with Crippen LogP contribution in [-0.2, 0) is 6.42 Å². The van der Waals surface area contributed by atoms with Crippen LogP contribution in [0.5, 0.6) is 11.5 Å². The molecule has 152 valence electrons. The standard InChI is InChI=1S/C21H33N3O2.HI/c1-4-25-18-8-7-17(15-19(18)26-5-2)9-13-23-20(22-3)24-14-12-21(16-24)10-6-11-21;/h7-8,15H,4-6,9-14,16H2,1-3H3,(H,22,23);1H. The fourth-order valence-electron chi connectivity index (χ4n) is 4.10. The summed E-state index contributed by atoms with van der Waals surface area (Å²) < 4.78 is 11.4. The minimum absolute atomic E-state index is 0. The maximum atomic E-state index is 5.72. The first kappa shape index (κ1) is 22.1. The van der Waals surface area contributed by atoms with Gasteiger partial charge >= 0.3 is 0 Å². The number of nitrogens with one attached hydrogen (secondary N) is 1. The van der Waals surface area contributed by atoms with E-state index in [4.69, 9.17) is 9.47 Å². The van der Waals surface area contributed by atoms with E-state index in [1.807, 2.05) is 27.0 Å². The average Bonchev–Trinajstić information content (AvgIpc) is 3.07. The molecule has 0 atom stereocenters. The molecular weight excluding hydrogens is 453 g/mol. The second-order valence-electron chi connectivity index (χ2n) is 7.40. The van der Waals surface area contributed by atoms with Crippen molar-refractivity contribution in [3.8, 4) is 11.5 Å². The predicted octanol–water partition coefficient (Wildman–Crippen LogP) is 4.10. The van der Waals surface area contributed by atoms with Gasteiger partial charge in [-0.15, -0.1) is 24.0 Å². The second kappa shape index (κ2) is 10.4. The third kappa shape index (κ3) is 5.42. The van der Waals surface area contributed by atoms with Crippen molar-refractivity contribution in [1.82, 2.24) is 10.2 Å². The third-order valence-electron chi connectivity index (χ3n) is 5.67. The van der Waals surface area contributed by atoms with Gasteiger partial charge < -0.3 is 19.7 Å². The van der Waals surface area contributed by atoms with Crippen molar-refractivity contribution >= 4 is 29.9 Å². The Kier molecular flexibility index (Phi) is 8.51. The Labute approximate surface area is 180 Å². The summed E-state index contributed by atoms with van der Waals surface area (Å²) in [7, 11) is 1.89. The highest BCUT2D eigenvalue weighted by atomic mass is 127. The lowest BCUT2D eigenvalue weighted by molar-refractivity contribution is 0.151. The lowest BCUT2D eigenvalue weighted by Gasteiger charge is -2.38. The molecule has 1 aromatic rings. The fraction of sp³-hybridized carbons (Fsp3) is 0.667. The van der Waals surface area contributed by atoms with Gasteiger partial charge in [0.15, 0.2) is 17.5 Å². The molecule has 1 saturated heterocycles. The van der Waals surface area contributed by atoms with Crippen LogP contribution in [0.4, 0.5) is 0 Å². The van der Waals surface area contributed by atoms with Crippen LogP contribution in [0.2, 0.25) is 0 Å². The number of halogens is 1. The molecular formula is C21H34IN3O2. The first-order chi connectivity index (χ1) is 12.7. The van der Waals surface area contributed by atoms with E-state index >= 15 is 0 Å². The number of guanidine groups is 1. The van der Waals surface area contributed by atoms with Crippen molar-refractivity contribution < 1.29 is 9.47 Å². The van der Waals surface area contributed by atoms with Crippen LogP contribution in [0.25, 0.3) is 0 Å². The van der Waals surface area contributed by atoms with Crippen molar-refractivity contribution in [2.24, 2.45) is 10.4 Å². The number of likely N-dealkylation sites (tertiary alicyclic amines) is 1. The Morgan fingerprint density at radius 1 is 1.15 bits per heavy atom. The molecule has 5 nitrogen and oxygen atoms in total. The number of hydrogen-bond donors (Lipinski definition) is 1. The van der Waals surface area contributed by atoms with Crippen molar-refractivity contribution in [3.05, 3.63) is 23.8 Å². The molecule has 27 heavy (non-hydrogen) atoms. The number of benzene rings is 1. The monoisotopic (exact) mass is 487 g/mol. The van der Waals surface area contributed by atoms with E-state index in [2.05, 4.69) is 27.3 Å². The molecule has 6 heteroatoms. The first-order valence-electron chi connectivity index (χ1n) is 10.0. The van der Waals surface area contributed by atoms with E-state index in [9.17, 15) is 0 Å². The van der Waals surface area contributed by atoms with Crippen LogP contribution < -0.4 is 14.8 Å². The van der Waals surface area contributed by atoms with E-state index in [0.717, 1.165) is 37.0 Å². The van der Waals surface area contributed by atoms with Gasteiger partial charge in [0, 0.05) is 26.7 Å². The molecule has 0 bridgehead atoms. The van der Waals surface area contributed by atoms with Crippen molar-refractivity contribution in [2.75, 3.05) is 39.9 Å². The zero-order valence-electron chi connectivity index (χ0n) is 16.9. The van der Waals surface area contributed by atoms with E-state index in [1.54, 1.807) is 0 Å². The van der Waals surface area contributed by atoms with Crippen molar-refractivity contribution in [1.29, 1.82) is 0 Å². The van der Waals surface area contributed by atoms with E-state index < -0.39 is 0 Å². The normalized spacial score (nSPS) is 18.0. The average molecular weight is 487 g/mol. The molecule has 0 aromatic heterocycles. The molecule has 1 saturated carbocycles. The van der Waals surface area contributed by atoms with Crippen LogP contribution >= 0.6 is 24.0 Å². The smallest absolute Gasteiger partial charge is 0.193 e. The van der Waals surface area contributed by atoms with Gasteiger partial charge in [-0.25, -0.2) is 0 Å². The van der Waals surface area contributed by atoms with Gasteiger partial charge in [0.25, 0.3) is 0 Å². The summed E-state index contributed by atoms with van der Waals surface area (Å²) in [5.41, 5.74) is 1.84. The van der Waals surface area contributed by atoms with Gasteiger partial charge in [0.2, 0.25) is 0 Å². The van der Waals surface area contributed by atoms with Crippen LogP contribution in [-0.4, -0.2) is 50.8 Å². The summed E-state index contributed by atoms with van der Waals surface area (Å²) in [5.74, 6) is 2.71.